The third kappa shape index (κ3) is 3.34. The molecule has 37 heavy (non-hydrogen) atoms. The predicted molar refractivity (Wildman–Crippen MR) is 141 cm³/mol. The Labute approximate surface area is 223 Å². The molecule has 5 aliphatic rings. The van der Waals surface area contributed by atoms with Crippen molar-refractivity contribution in [3.8, 4) is 0 Å². The van der Waals surface area contributed by atoms with Gasteiger partial charge in [-0.25, -0.2) is 0 Å². The van der Waals surface area contributed by atoms with Gasteiger partial charge in [0.25, 0.3) is 0 Å². The van der Waals surface area contributed by atoms with E-state index in [0.29, 0.717) is 24.2 Å². The Morgan fingerprint density at radius 1 is 0.973 bits per heavy atom. The summed E-state index contributed by atoms with van der Waals surface area (Å²) in [6, 6.07) is 0. The summed E-state index contributed by atoms with van der Waals surface area (Å²) in [6.07, 6.45) is 7.10. The second-order valence-corrected chi connectivity index (χ2v) is 15.3. The molecule has 4 N–H and O–H groups in total. The molecule has 12 atom stereocenters. The van der Waals surface area contributed by atoms with Crippen LogP contribution in [0.1, 0.15) is 106 Å². The normalized spacial score (nSPS) is 52.2. The highest BCUT2D eigenvalue weighted by Crippen LogP contribution is 2.89. The van der Waals surface area contributed by atoms with Crippen LogP contribution in [-0.4, -0.2) is 57.4 Å². The van der Waals surface area contributed by atoms with Gasteiger partial charge in [-0.2, -0.15) is 0 Å². The highest BCUT2D eigenvalue weighted by atomic mass is 16.5. The first-order valence-corrected chi connectivity index (χ1v) is 14.9. The van der Waals surface area contributed by atoms with Gasteiger partial charge in [-0.3, -0.25) is 4.79 Å². The molecule has 0 saturated heterocycles. The van der Waals surface area contributed by atoms with Crippen LogP contribution >= 0.6 is 0 Å². The van der Waals surface area contributed by atoms with Crippen molar-refractivity contribution in [3.63, 3.8) is 0 Å². The number of fused-ring (bicyclic) bond motifs is 2. The van der Waals surface area contributed by atoms with Crippen LogP contribution in [0.4, 0.5) is 0 Å². The van der Waals surface area contributed by atoms with E-state index in [2.05, 4.69) is 20.8 Å². The SMILES string of the molecule is COC(=O)[C@]1(C)[C@@H](O)C[C@H](O)[C@]23C[C@]24CC[C@]2(C)[C@@H]([C@H](C)CC[C@@H](O)C(C)(C)O)CC[C@@]2(C)[C@@H]4CC[C@@H]13. The monoisotopic (exact) mass is 520 g/mol. The van der Waals surface area contributed by atoms with E-state index in [0.717, 1.165) is 38.5 Å². The maximum absolute atomic E-state index is 13.1. The minimum absolute atomic E-state index is 0.0464. The van der Waals surface area contributed by atoms with E-state index in [1.54, 1.807) is 13.8 Å². The van der Waals surface area contributed by atoms with Crippen molar-refractivity contribution in [3.05, 3.63) is 0 Å². The molecule has 0 heterocycles. The quantitative estimate of drug-likeness (QED) is 0.385. The molecule has 0 radical (unpaired) electrons. The molecule has 5 saturated carbocycles. The molecular formula is C31H52O6. The smallest absolute Gasteiger partial charge is 0.314 e. The molecule has 0 unspecified atom stereocenters. The lowest BCUT2D eigenvalue weighted by atomic mass is 9.41. The van der Waals surface area contributed by atoms with Crippen LogP contribution in [0.5, 0.6) is 0 Å². The van der Waals surface area contributed by atoms with Crippen molar-refractivity contribution in [2.24, 2.45) is 50.7 Å². The summed E-state index contributed by atoms with van der Waals surface area (Å²) in [5, 5.41) is 43.3. The molecule has 5 rings (SSSR count). The van der Waals surface area contributed by atoms with Gasteiger partial charge in [0, 0.05) is 11.8 Å². The Balaban J connectivity index is 1.42. The Morgan fingerprint density at radius 2 is 1.62 bits per heavy atom. The molecule has 0 bridgehead atoms. The summed E-state index contributed by atoms with van der Waals surface area (Å²) in [5.74, 6) is 1.19. The van der Waals surface area contributed by atoms with Gasteiger partial charge in [0.2, 0.25) is 0 Å². The molecule has 2 spiro atoms. The second kappa shape index (κ2) is 8.41. The largest absolute Gasteiger partial charge is 0.469 e. The number of aliphatic hydroxyl groups is 4. The Morgan fingerprint density at radius 3 is 2.24 bits per heavy atom. The molecule has 6 heteroatoms. The van der Waals surface area contributed by atoms with Crippen LogP contribution in [0.25, 0.3) is 0 Å². The van der Waals surface area contributed by atoms with Gasteiger partial charge in [0.15, 0.2) is 0 Å². The van der Waals surface area contributed by atoms with Crippen molar-refractivity contribution in [1.29, 1.82) is 0 Å². The maximum atomic E-state index is 13.1. The van der Waals surface area contributed by atoms with Crippen molar-refractivity contribution in [2.75, 3.05) is 7.11 Å². The standard InChI is InChI=1S/C31H52O6/c1-18(8-11-22(32)26(2,3)36)19-12-13-28(5)20-9-10-21-29(6,25(35)37-7)23(33)16-24(34)31(21)17-30(20,31)15-14-27(19,28)4/h18-24,32-34,36H,8-17H2,1-7H3/t18-,19-,20+,21+,22-,23+,24+,27-,28+,29+,30+,31-/m1/s1. The van der Waals surface area contributed by atoms with Crippen LogP contribution in [0.15, 0.2) is 0 Å². The minimum Gasteiger partial charge on any atom is -0.469 e. The number of rotatable bonds is 6. The van der Waals surface area contributed by atoms with Gasteiger partial charge in [-0.15, -0.1) is 0 Å². The lowest BCUT2D eigenvalue weighted by molar-refractivity contribution is -0.212. The number of carbonyl (C=O) groups excluding carboxylic acids is 1. The van der Waals surface area contributed by atoms with Crippen LogP contribution in [0.3, 0.4) is 0 Å². The molecule has 212 valence electrons. The zero-order chi connectivity index (χ0) is 27.4. The van der Waals surface area contributed by atoms with Crippen LogP contribution in [0, 0.1) is 50.7 Å². The lowest BCUT2D eigenvalue weighted by Gasteiger charge is -2.63. The summed E-state index contributed by atoms with van der Waals surface area (Å²) in [7, 11) is 1.42. The highest BCUT2D eigenvalue weighted by Gasteiger charge is 2.85. The van der Waals surface area contributed by atoms with Gasteiger partial charge in [-0.05, 0) is 118 Å². The third-order valence-corrected chi connectivity index (χ3v) is 13.9. The average molecular weight is 521 g/mol. The molecule has 0 aromatic rings. The molecule has 0 amide bonds. The maximum Gasteiger partial charge on any atom is 0.314 e. The minimum atomic E-state index is -1.07. The Kier molecular flexibility index (Phi) is 6.33. The van der Waals surface area contributed by atoms with E-state index in [-0.39, 0.29) is 40.0 Å². The number of hydrogen-bond acceptors (Lipinski definition) is 6. The van der Waals surface area contributed by atoms with Crippen molar-refractivity contribution in [1.82, 2.24) is 0 Å². The summed E-state index contributed by atoms with van der Waals surface area (Å²) in [4.78, 5) is 13.1. The fourth-order valence-corrected chi connectivity index (χ4v) is 11.5. The molecule has 0 aromatic heterocycles. The molecule has 0 aromatic carbocycles. The van der Waals surface area contributed by atoms with E-state index >= 15 is 0 Å². The first-order chi connectivity index (χ1) is 17.1. The zero-order valence-corrected chi connectivity index (χ0v) is 24.2. The number of methoxy groups -OCH3 is 1. The van der Waals surface area contributed by atoms with Crippen LogP contribution in [0.2, 0.25) is 0 Å². The molecular weight excluding hydrogens is 468 g/mol. The van der Waals surface area contributed by atoms with Crippen molar-refractivity contribution < 1.29 is 30.0 Å². The van der Waals surface area contributed by atoms with E-state index in [4.69, 9.17) is 4.74 Å². The number of carbonyl (C=O) groups is 1. The first-order valence-electron chi connectivity index (χ1n) is 14.9. The number of esters is 1. The van der Waals surface area contributed by atoms with Gasteiger partial charge in [0.1, 0.15) is 0 Å². The summed E-state index contributed by atoms with van der Waals surface area (Å²) in [5.41, 5.74) is -1.90. The van der Waals surface area contributed by atoms with E-state index in [1.807, 2.05) is 6.92 Å². The van der Waals surface area contributed by atoms with E-state index in [1.165, 1.54) is 20.0 Å². The second-order valence-electron chi connectivity index (χ2n) is 15.3. The Hall–Kier alpha value is -0.690. The fraction of sp³-hybridized carbons (Fsp3) is 0.968. The van der Waals surface area contributed by atoms with Gasteiger partial charge < -0.3 is 25.2 Å². The molecule has 0 aliphatic heterocycles. The molecule has 5 aliphatic carbocycles. The van der Waals surface area contributed by atoms with E-state index < -0.39 is 29.3 Å². The first kappa shape index (κ1) is 27.9. The topological polar surface area (TPSA) is 107 Å². The van der Waals surface area contributed by atoms with Crippen LogP contribution in [-0.2, 0) is 9.53 Å². The molecule has 5 fully saturated rings. The van der Waals surface area contributed by atoms with Crippen LogP contribution < -0.4 is 0 Å². The van der Waals surface area contributed by atoms with Gasteiger partial charge in [0.05, 0.1) is 36.4 Å². The van der Waals surface area contributed by atoms with Crippen molar-refractivity contribution >= 4 is 5.97 Å². The Bertz CT molecular complexity index is 929. The van der Waals surface area contributed by atoms with Crippen molar-refractivity contribution in [2.45, 2.75) is 130 Å². The third-order valence-electron chi connectivity index (χ3n) is 13.9. The number of aliphatic hydroxyl groups excluding tert-OH is 3. The van der Waals surface area contributed by atoms with Gasteiger partial charge >= 0.3 is 5.97 Å². The lowest BCUT2D eigenvalue weighted by Crippen LogP contribution is -2.63. The summed E-state index contributed by atoms with van der Waals surface area (Å²) < 4.78 is 5.24. The zero-order valence-electron chi connectivity index (χ0n) is 24.2. The van der Waals surface area contributed by atoms with E-state index in [9.17, 15) is 25.2 Å². The highest BCUT2D eigenvalue weighted by molar-refractivity contribution is 5.78. The van der Waals surface area contributed by atoms with Gasteiger partial charge in [-0.1, -0.05) is 20.8 Å². The summed E-state index contributed by atoms with van der Waals surface area (Å²) >= 11 is 0. The molecule has 6 nitrogen and oxygen atoms in total. The fourth-order valence-electron chi connectivity index (χ4n) is 11.5. The average Bonchev–Trinajstić information content (AvgIpc) is 3.44. The number of ether oxygens (including phenoxy) is 1. The number of hydrogen-bond donors (Lipinski definition) is 4. The predicted octanol–water partition coefficient (Wildman–Crippen LogP) is 4.46. The summed E-state index contributed by atoms with van der Waals surface area (Å²) in [6.45, 7) is 12.6.